The van der Waals surface area contributed by atoms with E-state index >= 15 is 0 Å². The van der Waals surface area contributed by atoms with Gasteiger partial charge >= 0.3 is 0 Å². The van der Waals surface area contributed by atoms with Gasteiger partial charge in [-0.3, -0.25) is 14.2 Å². The fourth-order valence-electron chi connectivity index (χ4n) is 2.88. The van der Waals surface area contributed by atoms with Crippen LogP contribution < -0.4 is 15.8 Å². The lowest BCUT2D eigenvalue weighted by Crippen LogP contribution is -2.34. The van der Waals surface area contributed by atoms with Crippen LogP contribution in [0.4, 0.5) is 16.0 Å². The zero-order valence-corrected chi connectivity index (χ0v) is 15.7. The Morgan fingerprint density at radius 3 is 2.61 bits per heavy atom. The van der Waals surface area contributed by atoms with Crippen LogP contribution in [0, 0.1) is 12.7 Å². The fourth-order valence-corrected chi connectivity index (χ4v) is 2.88. The second kappa shape index (κ2) is 8.47. The number of halogens is 1. The number of aryl methyl sites for hydroxylation is 1. The van der Waals surface area contributed by atoms with E-state index in [2.05, 4.69) is 10.3 Å². The molecule has 0 saturated carbocycles. The molecule has 1 amide bonds. The predicted octanol–water partition coefficient (Wildman–Crippen LogP) is 2.97. The van der Waals surface area contributed by atoms with Crippen LogP contribution in [0.2, 0.25) is 0 Å². The summed E-state index contributed by atoms with van der Waals surface area (Å²) in [5.41, 5.74) is 1.63. The van der Waals surface area contributed by atoms with Gasteiger partial charge in [0.1, 0.15) is 12.4 Å². The van der Waals surface area contributed by atoms with E-state index in [4.69, 9.17) is 0 Å². The molecule has 0 aliphatic rings. The van der Waals surface area contributed by atoms with E-state index in [1.165, 1.54) is 28.8 Å². The first-order valence-electron chi connectivity index (χ1n) is 8.81. The number of nitrogens with one attached hydrogen (secondary N) is 1. The summed E-state index contributed by atoms with van der Waals surface area (Å²) in [6, 6.07) is 16.7. The molecule has 1 N–H and O–H groups in total. The Morgan fingerprint density at radius 2 is 1.89 bits per heavy atom. The Hall–Kier alpha value is -3.48. The summed E-state index contributed by atoms with van der Waals surface area (Å²) in [6.45, 7) is 2.04. The average Bonchev–Trinajstić information content (AvgIpc) is 2.64. The van der Waals surface area contributed by atoms with E-state index in [-0.39, 0.29) is 12.1 Å². The van der Waals surface area contributed by atoms with Crippen molar-refractivity contribution >= 4 is 17.5 Å². The van der Waals surface area contributed by atoms with E-state index in [0.29, 0.717) is 23.9 Å². The van der Waals surface area contributed by atoms with Crippen molar-refractivity contribution < 1.29 is 9.18 Å². The van der Waals surface area contributed by atoms with Crippen LogP contribution in [-0.4, -0.2) is 22.5 Å². The number of anilines is 2. The quantitative estimate of drug-likeness (QED) is 0.714. The lowest BCUT2D eigenvalue weighted by atomic mass is 10.2. The molecule has 1 aromatic heterocycles. The van der Waals surface area contributed by atoms with Crippen molar-refractivity contribution in [2.75, 3.05) is 17.3 Å². The van der Waals surface area contributed by atoms with E-state index in [0.717, 1.165) is 5.56 Å². The average molecular weight is 380 g/mol. The molecule has 3 aromatic rings. The fraction of sp³-hybridized carbons (Fsp3) is 0.190. The summed E-state index contributed by atoms with van der Waals surface area (Å²) in [4.78, 5) is 31.2. The van der Waals surface area contributed by atoms with Crippen LogP contribution in [0.15, 0.2) is 65.5 Å². The van der Waals surface area contributed by atoms with Gasteiger partial charge in [0.2, 0.25) is 11.9 Å². The van der Waals surface area contributed by atoms with Gasteiger partial charge in [-0.1, -0.05) is 36.4 Å². The molecule has 0 fully saturated rings. The number of nitrogens with zero attached hydrogens (tertiary/aromatic N) is 3. The van der Waals surface area contributed by atoms with Crippen LogP contribution in [0.1, 0.15) is 11.3 Å². The molecule has 0 saturated heterocycles. The standard InChI is InChI=1S/C21H21FN4O2/c1-15-11-20(28)26(14-19(27)24-18-10-6-9-17(22)12-18)21(23-15)25(2)13-16-7-4-3-5-8-16/h3-12H,13-14H2,1-2H3,(H,24,27). The molecule has 6 nitrogen and oxygen atoms in total. The number of hydrogen-bond acceptors (Lipinski definition) is 4. The van der Waals surface area contributed by atoms with Crippen molar-refractivity contribution in [3.8, 4) is 0 Å². The highest BCUT2D eigenvalue weighted by molar-refractivity contribution is 5.90. The van der Waals surface area contributed by atoms with E-state index < -0.39 is 11.7 Å². The number of hydrogen-bond donors (Lipinski definition) is 1. The summed E-state index contributed by atoms with van der Waals surface area (Å²) in [5.74, 6) is -0.494. The lowest BCUT2D eigenvalue weighted by molar-refractivity contribution is -0.116. The lowest BCUT2D eigenvalue weighted by Gasteiger charge is -2.22. The Morgan fingerprint density at radius 1 is 1.14 bits per heavy atom. The number of aromatic nitrogens is 2. The van der Waals surface area contributed by atoms with E-state index in [9.17, 15) is 14.0 Å². The SMILES string of the molecule is Cc1cc(=O)n(CC(=O)Nc2cccc(F)c2)c(N(C)Cc2ccccc2)n1. The first-order valence-corrected chi connectivity index (χ1v) is 8.81. The van der Waals surface area contributed by atoms with Gasteiger partial charge in [-0.15, -0.1) is 0 Å². The van der Waals surface area contributed by atoms with Gasteiger partial charge in [0.05, 0.1) is 0 Å². The van der Waals surface area contributed by atoms with Gasteiger partial charge in [0.25, 0.3) is 5.56 Å². The number of amides is 1. The van der Waals surface area contributed by atoms with Crippen LogP contribution in [-0.2, 0) is 17.9 Å². The molecule has 3 rings (SSSR count). The van der Waals surface area contributed by atoms with Crippen molar-refractivity contribution in [2.45, 2.75) is 20.0 Å². The molecule has 0 aliphatic carbocycles. The molecule has 1 heterocycles. The Bertz CT molecular complexity index is 1030. The predicted molar refractivity (Wildman–Crippen MR) is 107 cm³/mol. The minimum atomic E-state index is -0.449. The Balaban J connectivity index is 1.83. The van der Waals surface area contributed by atoms with E-state index in [1.807, 2.05) is 42.3 Å². The molecule has 28 heavy (non-hydrogen) atoms. The zero-order valence-electron chi connectivity index (χ0n) is 15.7. The molecule has 0 atom stereocenters. The summed E-state index contributed by atoms with van der Waals surface area (Å²) < 4.78 is 14.6. The number of carbonyl (C=O) groups is 1. The molecule has 0 aliphatic heterocycles. The highest BCUT2D eigenvalue weighted by atomic mass is 19.1. The molecule has 7 heteroatoms. The number of rotatable bonds is 6. The highest BCUT2D eigenvalue weighted by Gasteiger charge is 2.15. The van der Waals surface area contributed by atoms with E-state index in [1.54, 1.807) is 13.0 Å². The first kappa shape index (κ1) is 19.3. The van der Waals surface area contributed by atoms with Gasteiger partial charge in [0.15, 0.2) is 0 Å². The monoisotopic (exact) mass is 380 g/mol. The molecular weight excluding hydrogens is 359 g/mol. The second-order valence-electron chi connectivity index (χ2n) is 6.52. The minimum Gasteiger partial charge on any atom is -0.341 e. The summed E-state index contributed by atoms with van der Waals surface area (Å²) in [6.07, 6.45) is 0. The molecule has 144 valence electrons. The molecule has 0 spiro atoms. The maximum Gasteiger partial charge on any atom is 0.255 e. The third kappa shape index (κ3) is 4.82. The summed E-state index contributed by atoms with van der Waals surface area (Å²) >= 11 is 0. The van der Waals surface area contributed by atoms with Crippen LogP contribution in [0.5, 0.6) is 0 Å². The molecule has 2 aromatic carbocycles. The smallest absolute Gasteiger partial charge is 0.255 e. The molecular formula is C21H21FN4O2. The molecule has 0 radical (unpaired) electrons. The topological polar surface area (TPSA) is 67.2 Å². The first-order chi connectivity index (χ1) is 13.4. The van der Waals surface area contributed by atoms with Crippen molar-refractivity contribution in [1.82, 2.24) is 9.55 Å². The normalized spacial score (nSPS) is 10.5. The summed E-state index contributed by atoms with van der Waals surface area (Å²) in [5, 5.41) is 2.60. The van der Waals surface area contributed by atoms with Gasteiger partial charge in [-0.25, -0.2) is 9.37 Å². The third-order valence-electron chi connectivity index (χ3n) is 4.13. The van der Waals surface area contributed by atoms with Crippen molar-refractivity contribution in [1.29, 1.82) is 0 Å². The summed E-state index contributed by atoms with van der Waals surface area (Å²) in [7, 11) is 1.81. The van der Waals surface area contributed by atoms with Gasteiger partial charge < -0.3 is 10.2 Å². The minimum absolute atomic E-state index is 0.225. The zero-order chi connectivity index (χ0) is 20.1. The van der Waals surface area contributed by atoms with Gasteiger partial charge in [-0.2, -0.15) is 0 Å². The van der Waals surface area contributed by atoms with Crippen molar-refractivity contribution in [3.63, 3.8) is 0 Å². The number of carbonyl (C=O) groups excluding carboxylic acids is 1. The van der Waals surface area contributed by atoms with Crippen LogP contribution in [0.3, 0.4) is 0 Å². The maximum absolute atomic E-state index is 13.3. The second-order valence-corrected chi connectivity index (χ2v) is 6.52. The van der Waals surface area contributed by atoms with Gasteiger partial charge in [0, 0.05) is 31.0 Å². The number of benzene rings is 2. The Labute approximate surface area is 162 Å². The van der Waals surface area contributed by atoms with Crippen molar-refractivity contribution in [2.24, 2.45) is 0 Å². The largest absolute Gasteiger partial charge is 0.341 e. The third-order valence-corrected chi connectivity index (χ3v) is 4.13. The van der Waals surface area contributed by atoms with Crippen LogP contribution >= 0.6 is 0 Å². The molecule has 0 unspecified atom stereocenters. The van der Waals surface area contributed by atoms with Gasteiger partial charge in [-0.05, 0) is 30.7 Å². The van der Waals surface area contributed by atoms with Crippen molar-refractivity contribution in [3.05, 3.63) is 88.1 Å². The highest BCUT2D eigenvalue weighted by Crippen LogP contribution is 2.13. The van der Waals surface area contributed by atoms with Crippen LogP contribution in [0.25, 0.3) is 0 Å². The molecule has 0 bridgehead atoms. The maximum atomic E-state index is 13.3. The Kier molecular flexibility index (Phi) is 5.84.